The number of likely N-dealkylation sites (tertiary alicyclic amines) is 1. The van der Waals surface area contributed by atoms with E-state index in [1.807, 2.05) is 6.92 Å². The summed E-state index contributed by atoms with van der Waals surface area (Å²) in [5.74, 6) is 1.64. The summed E-state index contributed by atoms with van der Waals surface area (Å²) in [5.41, 5.74) is -0.374. The first-order chi connectivity index (χ1) is 8.84. The van der Waals surface area contributed by atoms with Gasteiger partial charge in [0.2, 0.25) is 0 Å². The van der Waals surface area contributed by atoms with E-state index in [0.717, 1.165) is 31.2 Å². The second-order valence-corrected chi connectivity index (χ2v) is 7.05. The van der Waals surface area contributed by atoms with E-state index >= 15 is 0 Å². The molecule has 0 aromatic rings. The zero-order valence-corrected chi connectivity index (χ0v) is 13.4. The number of hydrogen-bond acceptors (Lipinski definition) is 3. The molecule has 0 spiro atoms. The molecular weight excluding hydrogens is 234 g/mol. The van der Waals surface area contributed by atoms with Crippen LogP contribution in [-0.2, 0) is 0 Å². The molecular formula is C16H31N3. The number of nitriles is 1. The Morgan fingerprint density at radius 3 is 2.37 bits per heavy atom. The number of nitrogens with one attached hydrogen (secondary N) is 1. The fraction of sp³-hybridized carbons (Fsp3) is 0.938. The lowest BCUT2D eigenvalue weighted by Crippen LogP contribution is -2.46. The maximum atomic E-state index is 9.33. The van der Waals surface area contributed by atoms with Crippen molar-refractivity contribution in [3.63, 3.8) is 0 Å². The molecule has 110 valence electrons. The summed E-state index contributed by atoms with van der Waals surface area (Å²) in [5, 5.41) is 12.7. The van der Waals surface area contributed by atoms with E-state index in [9.17, 15) is 5.26 Å². The van der Waals surface area contributed by atoms with E-state index in [1.54, 1.807) is 0 Å². The lowest BCUT2D eigenvalue weighted by Gasteiger charge is -2.35. The van der Waals surface area contributed by atoms with Crippen LogP contribution >= 0.6 is 0 Å². The van der Waals surface area contributed by atoms with Crippen LogP contribution in [0.25, 0.3) is 0 Å². The van der Waals surface area contributed by atoms with Crippen molar-refractivity contribution in [2.24, 2.45) is 11.8 Å². The van der Waals surface area contributed by atoms with Gasteiger partial charge in [-0.1, -0.05) is 13.8 Å². The molecule has 1 fully saturated rings. The van der Waals surface area contributed by atoms with Gasteiger partial charge in [-0.3, -0.25) is 5.32 Å². The topological polar surface area (TPSA) is 39.1 Å². The minimum atomic E-state index is -0.374. The highest BCUT2D eigenvalue weighted by molar-refractivity contribution is 5.04. The average Bonchev–Trinajstić information content (AvgIpc) is 2.26. The van der Waals surface area contributed by atoms with Crippen molar-refractivity contribution in [2.45, 2.75) is 65.5 Å². The highest BCUT2D eigenvalue weighted by Gasteiger charge is 2.25. The summed E-state index contributed by atoms with van der Waals surface area (Å²) in [4.78, 5) is 2.58. The number of hydrogen-bond donors (Lipinski definition) is 1. The molecule has 1 heterocycles. The molecule has 1 rings (SSSR count). The molecule has 19 heavy (non-hydrogen) atoms. The van der Waals surface area contributed by atoms with Gasteiger partial charge in [0.1, 0.15) is 5.54 Å². The number of rotatable bonds is 6. The molecule has 3 atom stereocenters. The Morgan fingerprint density at radius 2 is 1.89 bits per heavy atom. The summed E-state index contributed by atoms with van der Waals surface area (Å²) in [6.07, 6.45) is 3.39. The highest BCUT2D eigenvalue weighted by Crippen LogP contribution is 2.22. The quantitative estimate of drug-likeness (QED) is 0.802. The Morgan fingerprint density at radius 1 is 1.32 bits per heavy atom. The molecule has 0 aromatic heterocycles. The Labute approximate surface area is 119 Å². The third-order valence-corrected chi connectivity index (χ3v) is 3.95. The molecule has 1 aliphatic heterocycles. The molecule has 1 aliphatic rings. The van der Waals surface area contributed by atoms with Gasteiger partial charge in [-0.2, -0.15) is 5.26 Å². The maximum Gasteiger partial charge on any atom is 0.104 e. The predicted molar refractivity (Wildman–Crippen MR) is 80.9 cm³/mol. The zero-order valence-electron chi connectivity index (χ0n) is 13.4. The minimum Gasteiger partial charge on any atom is -0.303 e. The van der Waals surface area contributed by atoms with Gasteiger partial charge in [0.15, 0.2) is 0 Å². The maximum absolute atomic E-state index is 9.33. The second kappa shape index (κ2) is 7.26. The largest absolute Gasteiger partial charge is 0.303 e. The first-order valence-electron chi connectivity index (χ1n) is 7.76. The van der Waals surface area contributed by atoms with Crippen molar-refractivity contribution in [1.82, 2.24) is 10.2 Å². The molecule has 0 aliphatic carbocycles. The fourth-order valence-electron chi connectivity index (χ4n) is 3.43. The zero-order chi connectivity index (χ0) is 14.5. The molecule has 0 radical (unpaired) electrons. The van der Waals surface area contributed by atoms with Gasteiger partial charge in [-0.25, -0.2) is 0 Å². The second-order valence-electron chi connectivity index (χ2n) is 7.05. The van der Waals surface area contributed by atoms with Crippen LogP contribution in [0.4, 0.5) is 0 Å². The summed E-state index contributed by atoms with van der Waals surface area (Å²) in [6, 6.07) is 2.80. The van der Waals surface area contributed by atoms with Gasteiger partial charge in [0, 0.05) is 19.1 Å². The van der Waals surface area contributed by atoms with Crippen molar-refractivity contribution in [3.05, 3.63) is 0 Å². The summed E-state index contributed by atoms with van der Waals surface area (Å²) in [7, 11) is 0. The molecule has 3 heteroatoms. The third kappa shape index (κ3) is 5.93. The van der Waals surface area contributed by atoms with Crippen molar-refractivity contribution in [1.29, 1.82) is 5.26 Å². The van der Waals surface area contributed by atoms with E-state index in [1.165, 1.54) is 19.5 Å². The van der Waals surface area contributed by atoms with Crippen molar-refractivity contribution in [3.8, 4) is 6.07 Å². The van der Waals surface area contributed by atoms with Gasteiger partial charge in [0.05, 0.1) is 6.07 Å². The molecule has 1 N–H and O–H groups in total. The van der Waals surface area contributed by atoms with Crippen LogP contribution in [0.5, 0.6) is 0 Å². The predicted octanol–water partition coefficient (Wildman–Crippen LogP) is 3.02. The standard InChI is InChI=1S/C16H31N3/c1-13(2)18-16(5,12-17)7-6-8-19-10-14(3)9-15(4)11-19/h13-15,18H,6-11H2,1-5H3. The van der Waals surface area contributed by atoms with Crippen LogP contribution in [0.2, 0.25) is 0 Å². The summed E-state index contributed by atoms with van der Waals surface area (Å²) >= 11 is 0. The van der Waals surface area contributed by atoms with Gasteiger partial charge < -0.3 is 4.90 Å². The van der Waals surface area contributed by atoms with Gasteiger partial charge in [-0.15, -0.1) is 0 Å². The molecule has 0 amide bonds. The lowest BCUT2D eigenvalue weighted by atomic mass is 9.91. The fourth-order valence-corrected chi connectivity index (χ4v) is 3.43. The monoisotopic (exact) mass is 265 g/mol. The van der Waals surface area contributed by atoms with Gasteiger partial charge >= 0.3 is 0 Å². The van der Waals surface area contributed by atoms with E-state index in [-0.39, 0.29) is 5.54 Å². The molecule has 0 bridgehead atoms. The van der Waals surface area contributed by atoms with Crippen molar-refractivity contribution >= 4 is 0 Å². The van der Waals surface area contributed by atoms with Crippen LogP contribution in [0, 0.1) is 23.2 Å². The van der Waals surface area contributed by atoms with E-state index in [0.29, 0.717) is 6.04 Å². The van der Waals surface area contributed by atoms with Crippen LogP contribution < -0.4 is 5.32 Å². The van der Waals surface area contributed by atoms with Crippen molar-refractivity contribution < 1.29 is 0 Å². The third-order valence-electron chi connectivity index (χ3n) is 3.95. The molecule has 3 unspecified atom stereocenters. The summed E-state index contributed by atoms with van der Waals surface area (Å²) in [6.45, 7) is 14.5. The molecule has 0 saturated carbocycles. The first-order valence-corrected chi connectivity index (χ1v) is 7.76. The average molecular weight is 265 g/mol. The normalized spacial score (nSPS) is 28.1. The van der Waals surface area contributed by atoms with Gasteiger partial charge in [-0.05, 0) is 58.4 Å². The van der Waals surface area contributed by atoms with E-state index < -0.39 is 0 Å². The van der Waals surface area contributed by atoms with Crippen LogP contribution in [-0.4, -0.2) is 36.1 Å². The minimum absolute atomic E-state index is 0.361. The van der Waals surface area contributed by atoms with Gasteiger partial charge in [0.25, 0.3) is 0 Å². The summed E-state index contributed by atoms with van der Waals surface area (Å²) < 4.78 is 0. The van der Waals surface area contributed by atoms with E-state index in [2.05, 4.69) is 44.0 Å². The van der Waals surface area contributed by atoms with E-state index in [4.69, 9.17) is 0 Å². The Kier molecular flexibility index (Phi) is 6.29. The molecule has 1 saturated heterocycles. The Bertz CT molecular complexity index is 298. The first kappa shape index (κ1) is 16.5. The smallest absolute Gasteiger partial charge is 0.104 e. The highest BCUT2D eigenvalue weighted by atomic mass is 15.1. The molecule has 0 aromatic carbocycles. The van der Waals surface area contributed by atoms with Crippen LogP contribution in [0.1, 0.15) is 53.9 Å². The van der Waals surface area contributed by atoms with Crippen molar-refractivity contribution in [2.75, 3.05) is 19.6 Å². The van der Waals surface area contributed by atoms with Crippen LogP contribution in [0.3, 0.4) is 0 Å². The SMILES string of the molecule is CC1CC(C)CN(CCCC(C)(C#N)NC(C)C)C1. The lowest BCUT2D eigenvalue weighted by molar-refractivity contribution is 0.136. The number of nitrogens with zero attached hydrogens (tertiary/aromatic N) is 2. The Hall–Kier alpha value is -0.590. The number of piperidine rings is 1. The van der Waals surface area contributed by atoms with Crippen LogP contribution in [0.15, 0.2) is 0 Å². The molecule has 3 nitrogen and oxygen atoms in total. The Balaban J connectivity index is 2.34.